The number of aliphatic hydroxyl groups excluding tert-OH is 1. The third kappa shape index (κ3) is 2.51. The Labute approximate surface area is 112 Å². The molecule has 1 aromatic heterocycles. The molecule has 6 heteroatoms. The van der Waals surface area contributed by atoms with Crippen molar-refractivity contribution in [3.63, 3.8) is 0 Å². The Bertz CT molecular complexity index is 517. The van der Waals surface area contributed by atoms with Crippen molar-refractivity contribution >= 4 is 43.2 Å². The van der Waals surface area contributed by atoms with Crippen molar-refractivity contribution < 1.29 is 9.50 Å². The fourth-order valence-electron chi connectivity index (χ4n) is 1.22. The van der Waals surface area contributed by atoms with E-state index in [1.807, 2.05) is 0 Å². The molecule has 0 aliphatic heterocycles. The Morgan fingerprint density at radius 2 is 2.12 bits per heavy atom. The number of aliphatic hydroxyl groups is 1. The van der Waals surface area contributed by atoms with Crippen LogP contribution in [0, 0.1) is 5.82 Å². The van der Waals surface area contributed by atoms with Crippen LogP contribution in [0.15, 0.2) is 32.7 Å². The van der Waals surface area contributed by atoms with Gasteiger partial charge in [-0.15, -0.1) is 11.3 Å². The quantitative estimate of drug-likeness (QED) is 0.874. The first kappa shape index (κ1) is 12.2. The van der Waals surface area contributed by atoms with E-state index in [-0.39, 0.29) is 5.82 Å². The Balaban J connectivity index is 2.33. The van der Waals surface area contributed by atoms with Crippen molar-refractivity contribution in [1.82, 2.24) is 4.98 Å². The predicted octanol–water partition coefficient (Wildman–Crippen LogP) is 3.89. The van der Waals surface area contributed by atoms with Crippen LogP contribution in [0.2, 0.25) is 0 Å². The topological polar surface area (TPSA) is 33.1 Å². The Morgan fingerprint density at radius 1 is 1.38 bits per heavy atom. The maximum absolute atomic E-state index is 13.0. The molecule has 0 amide bonds. The van der Waals surface area contributed by atoms with Crippen molar-refractivity contribution in [2.45, 2.75) is 6.10 Å². The summed E-state index contributed by atoms with van der Waals surface area (Å²) in [6.07, 6.45) is -0.826. The van der Waals surface area contributed by atoms with Gasteiger partial charge >= 0.3 is 0 Å². The summed E-state index contributed by atoms with van der Waals surface area (Å²) in [6, 6.07) is 4.40. The molecule has 84 valence electrons. The van der Waals surface area contributed by atoms with E-state index in [4.69, 9.17) is 0 Å². The molecule has 0 aliphatic carbocycles. The van der Waals surface area contributed by atoms with Gasteiger partial charge in [-0.2, -0.15) is 0 Å². The van der Waals surface area contributed by atoms with Crippen LogP contribution in [0.4, 0.5) is 4.39 Å². The van der Waals surface area contributed by atoms with Crippen molar-refractivity contribution in [3.8, 4) is 0 Å². The molecule has 0 fully saturated rings. The second-order valence-electron chi connectivity index (χ2n) is 3.08. The second kappa shape index (κ2) is 4.91. The summed E-state index contributed by atoms with van der Waals surface area (Å²) in [7, 11) is 0. The molecule has 1 atom stereocenters. The first-order valence-electron chi connectivity index (χ1n) is 4.32. The molecule has 2 nitrogen and oxygen atoms in total. The van der Waals surface area contributed by atoms with Gasteiger partial charge in [-0.3, -0.25) is 0 Å². The summed E-state index contributed by atoms with van der Waals surface area (Å²) in [5.74, 6) is -0.351. The molecule has 0 spiro atoms. The minimum absolute atomic E-state index is 0.333. The molecule has 1 N–H and O–H groups in total. The molecular weight excluding hydrogens is 361 g/mol. The van der Waals surface area contributed by atoms with Crippen molar-refractivity contribution in [2.75, 3.05) is 0 Å². The van der Waals surface area contributed by atoms with Crippen LogP contribution in [0.1, 0.15) is 16.7 Å². The van der Waals surface area contributed by atoms with Crippen LogP contribution >= 0.6 is 43.2 Å². The Hall–Kier alpha value is -0.300. The van der Waals surface area contributed by atoms with Crippen molar-refractivity contribution in [3.05, 3.63) is 49.0 Å². The van der Waals surface area contributed by atoms with E-state index >= 15 is 0 Å². The van der Waals surface area contributed by atoms with Gasteiger partial charge in [0.1, 0.15) is 21.5 Å². The van der Waals surface area contributed by atoms with Crippen LogP contribution in [-0.4, -0.2) is 10.1 Å². The molecule has 1 aromatic carbocycles. The molecule has 0 saturated carbocycles. The molecule has 0 bridgehead atoms. The average molecular weight is 367 g/mol. The maximum atomic E-state index is 13.0. The molecule has 2 aromatic rings. The van der Waals surface area contributed by atoms with Crippen LogP contribution < -0.4 is 0 Å². The zero-order chi connectivity index (χ0) is 11.7. The molecule has 2 rings (SSSR count). The maximum Gasteiger partial charge on any atom is 0.137 e. The molecule has 0 saturated heterocycles. The van der Waals surface area contributed by atoms with E-state index in [1.54, 1.807) is 17.5 Å². The number of aromatic nitrogens is 1. The summed E-state index contributed by atoms with van der Waals surface area (Å²) < 4.78 is 14.0. The van der Waals surface area contributed by atoms with Gasteiger partial charge in [0.15, 0.2) is 0 Å². The van der Waals surface area contributed by atoms with Crippen LogP contribution in [0.3, 0.4) is 0 Å². The average Bonchev–Trinajstić information content (AvgIpc) is 2.68. The SMILES string of the molecule is OC(c1ccc(F)c(Br)c1)c1nc(Br)cs1. The Morgan fingerprint density at radius 3 is 2.69 bits per heavy atom. The summed E-state index contributed by atoms with van der Waals surface area (Å²) >= 11 is 7.64. The van der Waals surface area contributed by atoms with Gasteiger partial charge in [-0.25, -0.2) is 9.37 Å². The van der Waals surface area contributed by atoms with Crippen molar-refractivity contribution in [1.29, 1.82) is 0 Å². The van der Waals surface area contributed by atoms with Crippen LogP contribution in [0.25, 0.3) is 0 Å². The lowest BCUT2D eigenvalue weighted by molar-refractivity contribution is 0.219. The fourth-order valence-corrected chi connectivity index (χ4v) is 2.89. The first-order chi connectivity index (χ1) is 7.58. The molecule has 0 aliphatic rings. The molecule has 16 heavy (non-hydrogen) atoms. The highest BCUT2D eigenvalue weighted by Gasteiger charge is 2.15. The van der Waals surface area contributed by atoms with Crippen molar-refractivity contribution in [2.24, 2.45) is 0 Å². The highest BCUT2D eigenvalue weighted by Crippen LogP contribution is 2.29. The normalized spacial score (nSPS) is 12.8. The summed E-state index contributed by atoms with van der Waals surface area (Å²) in [6.45, 7) is 0. The number of halogens is 3. The van der Waals surface area contributed by atoms with Gasteiger partial charge in [0.05, 0.1) is 4.47 Å². The molecule has 1 heterocycles. The van der Waals surface area contributed by atoms with Gasteiger partial charge in [0, 0.05) is 5.38 Å². The van der Waals surface area contributed by atoms with E-state index in [0.717, 1.165) is 0 Å². The van der Waals surface area contributed by atoms with Gasteiger partial charge in [-0.05, 0) is 49.6 Å². The largest absolute Gasteiger partial charge is 0.381 e. The fraction of sp³-hybridized carbons (Fsp3) is 0.100. The smallest absolute Gasteiger partial charge is 0.137 e. The lowest BCUT2D eigenvalue weighted by Crippen LogP contribution is -1.99. The van der Waals surface area contributed by atoms with Gasteiger partial charge < -0.3 is 5.11 Å². The van der Waals surface area contributed by atoms with E-state index < -0.39 is 6.10 Å². The van der Waals surface area contributed by atoms with E-state index in [1.165, 1.54) is 17.4 Å². The lowest BCUT2D eigenvalue weighted by Gasteiger charge is -2.08. The number of thiazole rings is 1. The third-order valence-electron chi connectivity index (χ3n) is 1.99. The number of nitrogens with zero attached hydrogens (tertiary/aromatic N) is 1. The zero-order valence-electron chi connectivity index (χ0n) is 7.82. The zero-order valence-corrected chi connectivity index (χ0v) is 11.8. The van der Waals surface area contributed by atoms with E-state index in [0.29, 0.717) is 19.6 Å². The lowest BCUT2D eigenvalue weighted by atomic mass is 10.1. The summed E-state index contributed by atoms with van der Waals surface area (Å²) in [5, 5.41) is 12.4. The van der Waals surface area contributed by atoms with Gasteiger partial charge in [0.2, 0.25) is 0 Å². The standard InChI is InChI=1S/C10H6Br2FNOS/c11-6-3-5(1-2-7(6)13)9(15)10-14-8(12)4-16-10/h1-4,9,15H. The molecule has 1 unspecified atom stereocenters. The third-order valence-corrected chi connectivity index (χ3v) is 4.20. The van der Waals surface area contributed by atoms with E-state index in [9.17, 15) is 9.50 Å². The van der Waals surface area contributed by atoms with Crippen LogP contribution in [-0.2, 0) is 0 Å². The second-order valence-corrected chi connectivity index (χ2v) is 5.64. The molecular formula is C10H6Br2FNOS. The predicted molar refractivity (Wildman–Crippen MR) is 68.0 cm³/mol. The highest BCUT2D eigenvalue weighted by molar-refractivity contribution is 9.10. The number of hydrogen-bond donors (Lipinski definition) is 1. The minimum Gasteiger partial charge on any atom is -0.381 e. The number of hydrogen-bond acceptors (Lipinski definition) is 3. The Kier molecular flexibility index (Phi) is 3.73. The van der Waals surface area contributed by atoms with E-state index in [2.05, 4.69) is 36.8 Å². The summed E-state index contributed by atoms with van der Waals surface area (Å²) in [5.41, 5.74) is 0.607. The first-order valence-corrected chi connectivity index (χ1v) is 6.78. The summed E-state index contributed by atoms with van der Waals surface area (Å²) in [4.78, 5) is 4.12. The number of benzene rings is 1. The van der Waals surface area contributed by atoms with Gasteiger partial charge in [0.25, 0.3) is 0 Å². The monoisotopic (exact) mass is 365 g/mol. The minimum atomic E-state index is -0.826. The van der Waals surface area contributed by atoms with Crippen LogP contribution in [0.5, 0.6) is 0 Å². The van der Waals surface area contributed by atoms with Gasteiger partial charge in [-0.1, -0.05) is 6.07 Å². The molecule has 0 radical (unpaired) electrons. The number of rotatable bonds is 2. The highest BCUT2D eigenvalue weighted by atomic mass is 79.9.